The molecule has 14 heteroatoms. The van der Waals surface area contributed by atoms with Crippen molar-refractivity contribution < 1.29 is 23.0 Å². The molecule has 6 rings (SSSR count). The van der Waals surface area contributed by atoms with Gasteiger partial charge in [0.25, 0.3) is 0 Å². The minimum atomic E-state index is -2.95. The number of para-hydroxylation sites is 1. The number of alkyl halides is 2. The van der Waals surface area contributed by atoms with E-state index in [2.05, 4.69) is 25.2 Å². The largest absolute Gasteiger partial charge is 0.435 e. The number of nitrogen functional groups attached to an aromatic ring is 1. The number of aromatic nitrogens is 3. The van der Waals surface area contributed by atoms with E-state index < -0.39 is 6.61 Å². The highest BCUT2D eigenvalue weighted by Gasteiger charge is 2.30. The van der Waals surface area contributed by atoms with Gasteiger partial charge in [0.2, 0.25) is 11.7 Å². The molecule has 0 bridgehead atoms. The topological polar surface area (TPSA) is 108 Å². The van der Waals surface area contributed by atoms with E-state index in [4.69, 9.17) is 33.7 Å². The van der Waals surface area contributed by atoms with Crippen LogP contribution in [0.15, 0.2) is 72.8 Å². The molecule has 2 aromatic heterocycles. The first kappa shape index (κ1) is 29.8. The van der Waals surface area contributed by atoms with E-state index in [-0.39, 0.29) is 27.1 Å². The number of hydrogen-bond donors (Lipinski definition) is 2. The molecule has 0 radical (unpaired) electrons. The van der Waals surface area contributed by atoms with Gasteiger partial charge in [-0.05, 0) is 54.6 Å². The van der Waals surface area contributed by atoms with Crippen LogP contribution < -0.4 is 20.7 Å². The summed E-state index contributed by atoms with van der Waals surface area (Å²) in [4.78, 5) is 16.1. The molecule has 0 saturated carbocycles. The Bertz CT molecular complexity index is 1790. The molecule has 3 heterocycles. The Kier molecular flexibility index (Phi) is 8.67. The maximum absolute atomic E-state index is 13.8. The second kappa shape index (κ2) is 12.8. The number of nitrogens with one attached hydrogen (secondary N) is 1. The second-order valence-corrected chi connectivity index (χ2v) is 11.5. The van der Waals surface area contributed by atoms with E-state index in [1.807, 2.05) is 34.9 Å². The number of halogens is 4. The van der Waals surface area contributed by atoms with Gasteiger partial charge >= 0.3 is 6.61 Å². The number of nitrogens with zero attached hydrogens (tertiary/aromatic N) is 4. The van der Waals surface area contributed by atoms with Gasteiger partial charge in [-0.2, -0.15) is 8.78 Å². The molecule has 1 saturated heterocycles. The van der Waals surface area contributed by atoms with Gasteiger partial charge in [-0.25, -0.2) is 0 Å². The van der Waals surface area contributed by atoms with Crippen LogP contribution >= 0.6 is 34.5 Å². The number of carbonyl (C=O) groups is 1. The Morgan fingerprint density at radius 3 is 2.41 bits per heavy atom. The molecular weight excluding hydrogens is 633 g/mol. The average Bonchev–Trinajstić information content (AvgIpc) is 3.60. The van der Waals surface area contributed by atoms with Gasteiger partial charge in [0.05, 0.1) is 40.2 Å². The van der Waals surface area contributed by atoms with Gasteiger partial charge in [-0.3, -0.25) is 9.36 Å². The van der Waals surface area contributed by atoms with Gasteiger partial charge in [-0.15, -0.1) is 21.5 Å². The third-order valence-corrected chi connectivity index (χ3v) is 8.71. The molecule has 3 N–H and O–H groups in total. The van der Waals surface area contributed by atoms with Gasteiger partial charge < -0.3 is 25.4 Å². The minimum absolute atomic E-state index is 0.00549. The van der Waals surface area contributed by atoms with Crippen LogP contribution in [0.4, 0.5) is 31.1 Å². The number of rotatable bonds is 9. The predicted molar refractivity (Wildman–Crippen MR) is 168 cm³/mol. The van der Waals surface area contributed by atoms with E-state index in [0.29, 0.717) is 64.9 Å². The predicted octanol–water partition coefficient (Wildman–Crippen LogP) is 7.30. The summed E-state index contributed by atoms with van der Waals surface area (Å²) in [6.45, 7) is -0.639. The molecule has 1 fully saturated rings. The molecule has 0 unspecified atom stereocenters. The molecule has 3 aromatic carbocycles. The summed E-state index contributed by atoms with van der Waals surface area (Å²) in [6, 6.07) is 20.2. The summed E-state index contributed by atoms with van der Waals surface area (Å²) in [7, 11) is 0. The average molecular weight is 658 g/mol. The van der Waals surface area contributed by atoms with E-state index in [0.717, 1.165) is 17.0 Å². The molecule has 0 aliphatic carbocycles. The standard InChI is InChI=1S/C30H24Cl2F2N6O3S/c31-21-11-6-17(16-22(21)32)25(41)26-24(35)23(28(44-26)36-18-7-9-20(10-8-18)43-29(33)34)27-37-38-30(39-12-14-42-15-13-39)40(27)19-4-2-1-3-5-19/h1-11,16,29,36H,12-15,35H2. The smallest absolute Gasteiger partial charge is 0.387 e. The fraction of sp³-hybridized carbons (Fsp3) is 0.167. The van der Waals surface area contributed by atoms with Crippen molar-refractivity contribution in [3.8, 4) is 22.8 Å². The van der Waals surface area contributed by atoms with Gasteiger partial charge in [0.15, 0.2) is 5.82 Å². The normalized spacial score (nSPS) is 13.3. The Morgan fingerprint density at radius 2 is 1.73 bits per heavy atom. The quantitative estimate of drug-likeness (QED) is 0.159. The summed E-state index contributed by atoms with van der Waals surface area (Å²) in [5.41, 5.74) is 9.05. The van der Waals surface area contributed by atoms with Crippen LogP contribution in [0.2, 0.25) is 10.0 Å². The number of anilines is 4. The fourth-order valence-corrected chi connectivity index (χ4v) is 6.16. The fourth-order valence-electron chi connectivity index (χ4n) is 4.76. The summed E-state index contributed by atoms with van der Waals surface area (Å²) >= 11 is 13.4. The van der Waals surface area contributed by atoms with Crippen molar-refractivity contribution in [1.29, 1.82) is 0 Å². The summed E-state index contributed by atoms with van der Waals surface area (Å²) in [5.74, 6) is 0.642. The van der Waals surface area contributed by atoms with Crippen molar-refractivity contribution in [2.75, 3.05) is 42.3 Å². The van der Waals surface area contributed by atoms with Crippen LogP contribution in [-0.4, -0.2) is 53.5 Å². The molecule has 1 aliphatic rings. The number of ether oxygens (including phenoxy) is 2. The Morgan fingerprint density at radius 1 is 1.00 bits per heavy atom. The molecule has 5 aromatic rings. The first-order chi connectivity index (χ1) is 21.3. The third-order valence-electron chi connectivity index (χ3n) is 6.85. The zero-order chi connectivity index (χ0) is 30.8. The minimum Gasteiger partial charge on any atom is -0.435 e. The summed E-state index contributed by atoms with van der Waals surface area (Å²) in [5, 5.41) is 13.5. The van der Waals surface area contributed by atoms with Gasteiger partial charge in [-0.1, -0.05) is 41.4 Å². The zero-order valence-electron chi connectivity index (χ0n) is 22.8. The van der Waals surface area contributed by atoms with Crippen molar-refractivity contribution >= 4 is 62.6 Å². The molecule has 0 amide bonds. The Hall–Kier alpha value is -4.23. The number of carbonyl (C=O) groups excluding carboxylic acids is 1. The Labute approximate surface area is 264 Å². The van der Waals surface area contributed by atoms with Crippen molar-refractivity contribution in [2.24, 2.45) is 0 Å². The third kappa shape index (κ3) is 6.06. The Balaban J connectivity index is 1.50. The first-order valence-corrected chi connectivity index (χ1v) is 14.9. The van der Waals surface area contributed by atoms with E-state index in [1.165, 1.54) is 18.2 Å². The summed E-state index contributed by atoms with van der Waals surface area (Å²) < 4.78 is 37.3. The number of morpholine rings is 1. The molecule has 0 spiro atoms. The molecular formula is C30H24Cl2F2N6O3S. The second-order valence-electron chi connectivity index (χ2n) is 9.63. The van der Waals surface area contributed by atoms with E-state index in [9.17, 15) is 13.6 Å². The van der Waals surface area contributed by atoms with Crippen molar-refractivity contribution in [3.63, 3.8) is 0 Å². The maximum atomic E-state index is 13.8. The van der Waals surface area contributed by atoms with Gasteiger partial charge in [0, 0.05) is 24.3 Å². The molecule has 9 nitrogen and oxygen atoms in total. The zero-order valence-corrected chi connectivity index (χ0v) is 25.2. The lowest BCUT2D eigenvalue weighted by Gasteiger charge is -2.28. The molecule has 226 valence electrons. The van der Waals surface area contributed by atoms with Crippen LogP contribution in [0.5, 0.6) is 5.75 Å². The maximum Gasteiger partial charge on any atom is 0.387 e. The molecule has 44 heavy (non-hydrogen) atoms. The number of hydrogen-bond acceptors (Lipinski definition) is 9. The highest BCUT2D eigenvalue weighted by molar-refractivity contribution is 7.19. The monoisotopic (exact) mass is 656 g/mol. The van der Waals surface area contributed by atoms with Crippen LogP contribution in [0.1, 0.15) is 15.2 Å². The van der Waals surface area contributed by atoms with Crippen molar-refractivity contribution in [3.05, 3.63) is 93.3 Å². The number of ketones is 1. The van der Waals surface area contributed by atoms with Gasteiger partial charge in [0.1, 0.15) is 15.6 Å². The van der Waals surface area contributed by atoms with Crippen LogP contribution in [0.25, 0.3) is 17.1 Å². The highest BCUT2D eigenvalue weighted by atomic mass is 35.5. The SMILES string of the molecule is Nc1c(C(=O)c2ccc(Cl)c(Cl)c2)sc(Nc2ccc(OC(F)F)cc2)c1-c1nnc(N2CCOCC2)n1-c1ccccc1. The van der Waals surface area contributed by atoms with Crippen molar-refractivity contribution in [2.45, 2.75) is 6.61 Å². The lowest BCUT2D eigenvalue weighted by atomic mass is 10.1. The number of thiophene rings is 1. The summed E-state index contributed by atoms with van der Waals surface area (Å²) in [6.07, 6.45) is 0. The lowest BCUT2D eigenvalue weighted by molar-refractivity contribution is -0.0498. The first-order valence-electron chi connectivity index (χ1n) is 13.4. The molecule has 1 aliphatic heterocycles. The van der Waals surface area contributed by atoms with Crippen molar-refractivity contribution in [1.82, 2.24) is 14.8 Å². The van der Waals surface area contributed by atoms with Crippen LogP contribution in [-0.2, 0) is 4.74 Å². The van der Waals surface area contributed by atoms with E-state index in [1.54, 1.807) is 24.3 Å². The number of benzene rings is 3. The van der Waals surface area contributed by atoms with E-state index >= 15 is 0 Å². The number of nitrogens with two attached hydrogens (primary N) is 1. The van der Waals surface area contributed by atoms with Crippen LogP contribution in [0.3, 0.4) is 0 Å². The molecule has 0 atom stereocenters. The highest BCUT2D eigenvalue weighted by Crippen LogP contribution is 2.46. The van der Waals surface area contributed by atoms with Crippen LogP contribution in [0, 0.1) is 0 Å². The lowest BCUT2D eigenvalue weighted by Crippen LogP contribution is -2.37.